The predicted octanol–water partition coefficient (Wildman–Crippen LogP) is 2.51. The van der Waals surface area contributed by atoms with Gasteiger partial charge in [0.05, 0.1) is 13.2 Å². The van der Waals surface area contributed by atoms with Gasteiger partial charge in [0, 0.05) is 24.4 Å². The lowest BCUT2D eigenvalue weighted by molar-refractivity contribution is -0.135. The third kappa shape index (κ3) is 5.06. The number of benzene rings is 1. The van der Waals surface area contributed by atoms with Crippen molar-refractivity contribution in [2.24, 2.45) is 0 Å². The van der Waals surface area contributed by atoms with Gasteiger partial charge in [0.15, 0.2) is 0 Å². The zero-order chi connectivity index (χ0) is 14.2. The zero-order valence-corrected chi connectivity index (χ0v) is 12.4. The van der Waals surface area contributed by atoms with Crippen molar-refractivity contribution in [1.82, 2.24) is 4.90 Å². The highest BCUT2D eigenvalue weighted by Gasteiger charge is 2.15. The van der Waals surface area contributed by atoms with Gasteiger partial charge < -0.3 is 14.7 Å². The average molecular weight is 295 g/mol. The molecule has 1 heterocycles. The third-order valence-corrected chi connectivity index (χ3v) is 4.35. The molecule has 1 aliphatic heterocycles. The van der Waals surface area contributed by atoms with Crippen LogP contribution in [-0.4, -0.2) is 48.0 Å². The Morgan fingerprint density at radius 1 is 1.20 bits per heavy atom. The second kappa shape index (κ2) is 8.17. The topological polar surface area (TPSA) is 49.8 Å². The van der Waals surface area contributed by atoms with E-state index in [1.807, 2.05) is 17.0 Å². The van der Waals surface area contributed by atoms with Crippen molar-refractivity contribution in [2.75, 3.05) is 32.1 Å². The Labute approximate surface area is 124 Å². The Morgan fingerprint density at radius 2 is 1.90 bits per heavy atom. The summed E-state index contributed by atoms with van der Waals surface area (Å²) in [4.78, 5) is 15.0. The van der Waals surface area contributed by atoms with Gasteiger partial charge in [-0.15, -0.1) is 11.8 Å². The maximum Gasteiger partial charge on any atom is 0.222 e. The summed E-state index contributed by atoms with van der Waals surface area (Å²) in [5.41, 5.74) is 0. The summed E-state index contributed by atoms with van der Waals surface area (Å²) in [5.74, 6) is 1.55. The average Bonchev–Trinajstić information content (AvgIpc) is 2.49. The van der Waals surface area contributed by atoms with Gasteiger partial charge in [-0.1, -0.05) is 0 Å². The molecule has 0 saturated carbocycles. The van der Waals surface area contributed by atoms with Crippen LogP contribution in [0.15, 0.2) is 29.2 Å². The van der Waals surface area contributed by atoms with Crippen LogP contribution in [0.3, 0.4) is 0 Å². The van der Waals surface area contributed by atoms with Gasteiger partial charge in [-0.25, -0.2) is 0 Å². The first-order valence-corrected chi connectivity index (χ1v) is 8.01. The van der Waals surface area contributed by atoms with Crippen LogP contribution in [0.2, 0.25) is 0 Å². The van der Waals surface area contributed by atoms with Crippen LogP contribution >= 0.6 is 11.8 Å². The smallest absolute Gasteiger partial charge is 0.222 e. The second-order valence-electron chi connectivity index (χ2n) is 4.79. The Bertz CT molecular complexity index is 416. The van der Waals surface area contributed by atoms with Gasteiger partial charge in [0.1, 0.15) is 5.75 Å². The number of ether oxygens (including phenoxy) is 1. The fraction of sp³-hybridized carbons (Fsp3) is 0.533. The molecule has 1 amide bonds. The lowest BCUT2D eigenvalue weighted by atomic mass is 10.2. The maximum absolute atomic E-state index is 11.9. The highest BCUT2D eigenvalue weighted by atomic mass is 32.2. The zero-order valence-electron chi connectivity index (χ0n) is 11.6. The monoisotopic (exact) mass is 295 g/mol. The van der Waals surface area contributed by atoms with Crippen LogP contribution in [0.5, 0.6) is 5.75 Å². The van der Waals surface area contributed by atoms with Crippen LogP contribution in [0, 0.1) is 0 Å². The number of phenols is 1. The number of carbonyl (C=O) groups is 1. The largest absolute Gasteiger partial charge is 0.508 e. The first kappa shape index (κ1) is 15.2. The molecule has 0 aliphatic carbocycles. The minimum Gasteiger partial charge on any atom is -0.508 e. The first-order valence-electron chi connectivity index (χ1n) is 7.03. The van der Waals surface area contributed by atoms with Crippen molar-refractivity contribution in [2.45, 2.75) is 24.2 Å². The molecule has 4 nitrogen and oxygen atoms in total. The molecule has 2 rings (SSSR count). The predicted molar refractivity (Wildman–Crippen MR) is 80.1 cm³/mol. The quantitative estimate of drug-likeness (QED) is 0.647. The van der Waals surface area contributed by atoms with Crippen LogP contribution in [0.25, 0.3) is 0 Å². The molecule has 0 unspecified atom stereocenters. The summed E-state index contributed by atoms with van der Waals surface area (Å²) in [6, 6.07) is 7.23. The van der Waals surface area contributed by atoms with E-state index in [2.05, 4.69) is 0 Å². The number of nitrogens with zero attached hydrogens (tertiary/aromatic N) is 1. The minimum atomic E-state index is 0.253. The van der Waals surface area contributed by atoms with E-state index in [4.69, 9.17) is 4.74 Å². The standard InChI is InChI=1S/C15H21NO3S/c17-13-4-6-14(7-5-13)20-12-2-1-3-15(18)16-8-10-19-11-9-16/h4-7,17H,1-3,8-12H2. The van der Waals surface area contributed by atoms with E-state index in [-0.39, 0.29) is 5.91 Å². The van der Waals surface area contributed by atoms with Gasteiger partial charge in [-0.3, -0.25) is 4.79 Å². The second-order valence-corrected chi connectivity index (χ2v) is 5.96. The molecule has 20 heavy (non-hydrogen) atoms. The summed E-state index contributed by atoms with van der Waals surface area (Å²) in [6.45, 7) is 2.81. The number of rotatable bonds is 6. The van der Waals surface area contributed by atoms with E-state index in [1.165, 1.54) is 0 Å². The molecule has 1 N–H and O–H groups in total. The molecule has 1 aliphatic rings. The van der Waals surface area contributed by atoms with Gasteiger partial charge >= 0.3 is 0 Å². The van der Waals surface area contributed by atoms with Crippen molar-refractivity contribution in [3.8, 4) is 5.75 Å². The SMILES string of the molecule is O=C(CCCCSc1ccc(O)cc1)N1CCOCC1. The normalized spacial score (nSPS) is 15.3. The van der Waals surface area contributed by atoms with Gasteiger partial charge in [0.25, 0.3) is 0 Å². The van der Waals surface area contributed by atoms with E-state index >= 15 is 0 Å². The number of thioether (sulfide) groups is 1. The van der Waals surface area contributed by atoms with Crippen LogP contribution in [0.1, 0.15) is 19.3 Å². The van der Waals surface area contributed by atoms with E-state index < -0.39 is 0 Å². The van der Waals surface area contributed by atoms with Crippen LogP contribution < -0.4 is 0 Å². The van der Waals surface area contributed by atoms with Gasteiger partial charge in [-0.05, 0) is 42.9 Å². The Balaban J connectivity index is 1.57. The Kier molecular flexibility index (Phi) is 6.21. The molecule has 110 valence electrons. The fourth-order valence-electron chi connectivity index (χ4n) is 2.08. The van der Waals surface area contributed by atoms with Crippen molar-refractivity contribution in [3.05, 3.63) is 24.3 Å². The molecule has 0 atom stereocenters. The third-order valence-electron chi connectivity index (χ3n) is 3.25. The number of carbonyl (C=O) groups excluding carboxylic acids is 1. The molecule has 5 heteroatoms. The molecule has 0 bridgehead atoms. The lowest BCUT2D eigenvalue weighted by Crippen LogP contribution is -2.40. The summed E-state index contributed by atoms with van der Waals surface area (Å²) >= 11 is 1.76. The first-order chi connectivity index (χ1) is 9.75. The van der Waals surface area contributed by atoms with Crippen LogP contribution in [-0.2, 0) is 9.53 Å². The van der Waals surface area contributed by atoms with Crippen molar-refractivity contribution >= 4 is 17.7 Å². The van der Waals surface area contributed by atoms with E-state index in [0.717, 1.165) is 36.6 Å². The molecular formula is C15H21NO3S. The molecule has 1 saturated heterocycles. The molecule has 1 aromatic carbocycles. The summed E-state index contributed by atoms with van der Waals surface area (Å²) < 4.78 is 5.24. The number of aromatic hydroxyl groups is 1. The van der Waals surface area contributed by atoms with E-state index in [1.54, 1.807) is 23.9 Å². The fourth-order valence-corrected chi connectivity index (χ4v) is 2.99. The lowest BCUT2D eigenvalue weighted by Gasteiger charge is -2.26. The Morgan fingerprint density at radius 3 is 2.60 bits per heavy atom. The van der Waals surface area contributed by atoms with Crippen LogP contribution in [0.4, 0.5) is 0 Å². The van der Waals surface area contributed by atoms with Gasteiger partial charge in [-0.2, -0.15) is 0 Å². The molecule has 1 fully saturated rings. The van der Waals surface area contributed by atoms with E-state index in [9.17, 15) is 9.90 Å². The molecule has 0 radical (unpaired) electrons. The van der Waals surface area contributed by atoms with E-state index in [0.29, 0.717) is 25.4 Å². The highest BCUT2D eigenvalue weighted by molar-refractivity contribution is 7.99. The number of unbranched alkanes of at least 4 members (excludes halogenated alkanes) is 1. The molecule has 1 aromatic rings. The Hall–Kier alpha value is -1.20. The number of morpholine rings is 1. The molecule has 0 spiro atoms. The maximum atomic E-state index is 11.9. The summed E-state index contributed by atoms with van der Waals surface area (Å²) in [6.07, 6.45) is 2.60. The molecule has 0 aromatic heterocycles. The van der Waals surface area contributed by atoms with Crippen molar-refractivity contribution in [1.29, 1.82) is 0 Å². The van der Waals surface area contributed by atoms with Crippen molar-refractivity contribution in [3.63, 3.8) is 0 Å². The van der Waals surface area contributed by atoms with Crippen molar-refractivity contribution < 1.29 is 14.6 Å². The molecular weight excluding hydrogens is 274 g/mol. The van der Waals surface area contributed by atoms with Gasteiger partial charge in [0.2, 0.25) is 5.91 Å². The summed E-state index contributed by atoms with van der Waals surface area (Å²) in [5, 5.41) is 9.19. The number of amides is 1. The minimum absolute atomic E-state index is 0.253. The highest BCUT2D eigenvalue weighted by Crippen LogP contribution is 2.22. The number of phenolic OH excluding ortho intramolecular Hbond substituents is 1. The number of hydrogen-bond acceptors (Lipinski definition) is 4. The number of hydrogen-bond donors (Lipinski definition) is 1. The summed E-state index contributed by atoms with van der Waals surface area (Å²) in [7, 11) is 0.